The monoisotopic (exact) mass is 419 g/mol. The Kier molecular flexibility index (Phi) is 7.15. The summed E-state index contributed by atoms with van der Waals surface area (Å²) in [5.74, 6) is -1.49. The zero-order valence-corrected chi connectivity index (χ0v) is 18.0. The molecule has 3 atom stereocenters. The second-order valence-corrected chi connectivity index (χ2v) is 8.72. The number of hydrogen-bond acceptors (Lipinski definition) is 5. The van der Waals surface area contributed by atoms with E-state index in [1.165, 1.54) is 25.3 Å². The number of nitrogens with one attached hydrogen (secondary N) is 2. The maximum atomic E-state index is 12.9. The summed E-state index contributed by atoms with van der Waals surface area (Å²) in [6.07, 6.45) is 9.97. The molecule has 2 aliphatic carbocycles. The SMILES string of the molecule is C[C@H](OC(=O)CN1C(=O)N[C@@]2(CCCC[C@@H]2C)C1=O)C(=O)NCCC1=CCCCC1. The molecule has 8 heteroatoms. The van der Waals surface area contributed by atoms with Crippen molar-refractivity contribution in [1.82, 2.24) is 15.5 Å². The van der Waals surface area contributed by atoms with Crippen LogP contribution in [0.5, 0.6) is 0 Å². The lowest BCUT2D eigenvalue weighted by atomic mass is 9.73. The van der Waals surface area contributed by atoms with Crippen LogP contribution in [0.3, 0.4) is 0 Å². The smallest absolute Gasteiger partial charge is 0.327 e. The molecule has 3 rings (SSSR count). The minimum atomic E-state index is -0.985. The average Bonchev–Trinajstić information content (AvgIpc) is 2.96. The molecular formula is C22H33N3O5. The van der Waals surface area contributed by atoms with Crippen LogP contribution in [0.25, 0.3) is 0 Å². The zero-order valence-electron chi connectivity index (χ0n) is 18.0. The summed E-state index contributed by atoms with van der Waals surface area (Å²) >= 11 is 0. The first-order valence-electron chi connectivity index (χ1n) is 11.1. The molecule has 1 saturated heterocycles. The van der Waals surface area contributed by atoms with Crippen molar-refractivity contribution in [2.75, 3.05) is 13.1 Å². The highest BCUT2D eigenvalue weighted by molar-refractivity contribution is 6.09. The maximum Gasteiger partial charge on any atom is 0.327 e. The molecule has 30 heavy (non-hydrogen) atoms. The van der Waals surface area contributed by atoms with Gasteiger partial charge >= 0.3 is 12.0 Å². The van der Waals surface area contributed by atoms with E-state index in [4.69, 9.17) is 4.74 Å². The van der Waals surface area contributed by atoms with E-state index in [2.05, 4.69) is 16.7 Å². The van der Waals surface area contributed by atoms with E-state index in [9.17, 15) is 19.2 Å². The molecule has 0 aromatic heterocycles. The lowest BCUT2D eigenvalue weighted by molar-refractivity contribution is -0.157. The van der Waals surface area contributed by atoms with Crippen molar-refractivity contribution >= 4 is 23.8 Å². The highest BCUT2D eigenvalue weighted by Crippen LogP contribution is 2.38. The Morgan fingerprint density at radius 3 is 2.80 bits per heavy atom. The number of urea groups is 1. The van der Waals surface area contributed by atoms with E-state index >= 15 is 0 Å². The quantitative estimate of drug-likeness (QED) is 0.375. The van der Waals surface area contributed by atoms with Gasteiger partial charge in [-0.15, -0.1) is 0 Å². The topological polar surface area (TPSA) is 105 Å². The summed E-state index contributed by atoms with van der Waals surface area (Å²) in [5.41, 5.74) is 0.447. The molecule has 166 valence electrons. The predicted octanol–water partition coefficient (Wildman–Crippen LogP) is 2.43. The van der Waals surface area contributed by atoms with Gasteiger partial charge in [-0.3, -0.25) is 19.3 Å². The third-order valence-electron chi connectivity index (χ3n) is 6.60. The van der Waals surface area contributed by atoms with Crippen LogP contribution in [0, 0.1) is 5.92 Å². The second kappa shape index (κ2) is 9.62. The lowest BCUT2D eigenvalue weighted by Gasteiger charge is -2.36. The molecule has 2 N–H and O–H groups in total. The third-order valence-corrected chi connectivity index (χ3v) is 6.60. The third kappa shape index (κ3) is 4.84. The molecule has 4 amide bonds. The first-order chi connectivity index (χ1) is 14.3. The van der Waals surface area contributed by atoms with Crippen LogP contribution in [0.4, 0.5) is 4.79 Å². The van der Waals surface area contributed by atoms with Crippen molar-refractivity contribution in [3.8, 4) is 0 Å². The molecule has 1 aliphatic heterocycles. The van der Waals surface area contributed by atoms with Crippen LogP contribution in [-0.4, -0.2) is 53.4 Å². The number of esters is 1. The van der Waals surface area contributed by atoms with Gasteiger partial charge in [-0.05, 0) is 57.8 Å². The fourth-order valence-electron chi connectivity index (χ4n) is 4.68. The molecule has 2 fully saturated rings. The summed E-state index contributed by atoms with van der Waals surface area (Å²) in [4.78, 5) is 50.7. The van der Waals surface area contributed by atoms with Crippen LogP contribution in [0.2, 0.25) is 0 Å². The number of imide groups is 1. The largest absolute Gasteiger partial charge is 0.451 e. The second-order valence-electron chi connectivity index (χ2n) is 8.72. The van der Waals surface area contributed by atoms with Crippen molar-refractivity contribution in [3.63, 3.8) is 0 Å². The Hall–Kier alpha value is -2.38. The van der Waals surface area contributed by atoms with Crippen molar-refractivity contribution in [3.05, 3.63) is 11.6 Å². The fourth-order valence-corrected chi connectivity index (χ4v) is 4.68. The number of amides is 4. The lowest BCUT2D eigenvalue weighted by Crippen LogP contribution is -2.54. The predicted molar refractivity (Wildman–Crippen MR) is 110 cm³/mol. The average molecular weight is 420 g/mol. The van der Waals surface area contributed by atoms with E-state index in [1.807, 2.05) is 6.92 Å². The Morgan fingerprint density at radius 2 is 2.10 bits per heavy atom. The molecular weight excluding hydrogens is 386 g/mol. The highest BCUT2D eigenvalue weighted by Gasteiger charge is 2.55. The molecule has 1 saturated carbocycles. The number of ether oxygens (including phenoxy) is 1. The molecule has 0 aromatic carbocycles. The molecule has 0 bridgehead atoms. The summed E-state index contributed by atoms with van der Waals surface area (Å²) < 4.78 is 5.18. The van der Waals surface area contributed by atoms with Crippen LogP contribution >= 0.6 is 0 Å². The van der Waals surface area contributed by atoms with E-state index in [0.29, 0.717) is 13.0 Å². The number of carbonyl (C=O) groups is 4. The minimum Gasteiger partial charge on any atom is -0.451 e. The molecule has 1 spiro atoms. The van der Waals surface area contributed by atoms with Crippen molar-refractivity contribution in [1.29, 1.82) is 0 Å². The number of rotatable bonds is 7. The van der Waals surface area contributed by atoms with Crippen molar-refractivity contribution in [2.45, 2.75) is 83.3 Å². The van der Waals surface area contributed by atoms with Gasteiger partial charge in [0.05, 0.1) is 0 Å². The Balaban J connectivity index is 1.46. The number of carbonyl (C=O) groups excluding carboxylic acids is 4. The van der Waals surface area contributed by atoms with Gasteiger partial charge in [0.1, 0.15) is 12.1 Å². The van der Waals surface area contributed by atoms with Crippen molar-refractivity contribution in [2.24, 2.45) is 5.92 Å². The van der Waals surface area contributed by atoms with Gasteiger partial charge in [0.25, 0.3) is 11.8 Å². The first kappa shape index (κ1) is 22.3. The molecule has 0 radical (unpaired) electrons. The zero-order chi connectivity index (χ0) is 21.7. The van der Waals surface area contributed by atoms with E-state index < -0.39 is 30.2 Å². The van der Waals surface area contributed by atoms with Gasteiger partial charge < -0.3 is 15.4 Å². The summed E-state index contributed by atoms with van der Waals surface area (Å²) in [6.45, 7) is 3.46. The Bertz CT molecular complexity index is 734. The number of hydrogen-bond donors (Lipinski definition) is 2. The Labute approximate surface area is 177 Å². The van der Waals surface area contributed by atoms with Gasteiger partial charge in [-0.25, -0.2) is 4.79 Å². The van der Waals surface area contributed by atoms with Crippen LogP contribution < -0.4 is 10.6 Å². The summed E-state index contributed by atoms with van der Waals surface area (Å²) in [7, 11) is 0. The van der Waals surface area contributed by atoms with Gasteiger partial charge in [0.2, 0.25) is 0 Å². The van der Waals surface area contributed by atoms with Crippen LogP contribution in [0.15, 0.2) is 11.6 Å². The van der Waals surface area contributed by atoms with E-state index in [-0.39, 0.29) is 17.7 Å². The highest BCUT2D eigenvalue weighted by atomic mass is 16.5. The first-order valence-corrected chi connectivity index (χ1v) is 11.1. The number of nitrogens with zero attached hydrogens (tertiary/aromatic N) is 1. The Morgan fingerprint density at radius 1 is 1.30 bits per heavy atom. The normalized spacial score (nSPS) is 27.5. The number of allylic oxidation sites excluding steroid dienone is 1. The summed E-state index contributed by atoms with van der Waals surface area (Å²) in [6, 6.07) is -0.566. The van der Waals surface area contributed by atoms with Gasteiger partial charge in [-0.2, -0.15) is 0 Å². The van der Waals surface area contributed by atoms with E-state index in [1.54, 1.807) is 0 Å². The summed E-state index contributed by atoms with van der Waals surface area (Å²) in [5, 5.41) is 5.59. The van der Waals surface area contributed by atoms with Crippen LogP contribution in [-0.2, 0) is 19.1 Å². The molecule has 0 unspecified atom stereocenters. The minimum absolute atomic E-state index is 0.0210. The molecule has 0 aromatic rings. The van der Waals surface area contributed by atoms with Gasteiger partial charge in [-0.1, -0.05) is 31.4 Å². The molecule has 3 aliphatic rings. The van der Waals surface area contributed by atoms with Gasteiger partial charge in [0, 0.05) is 6.54 Å². The van der Waals surface area contributed by atoms with Gasteiger partial charge in [0.15, 0.2) is 6.10 Å². The standard InChI is InChI=1S/C22H33N3O5/c1-15-8-6-7-12-22(15)20(28)25(21(29)24-22)14-18(26)30-16(2)19(27)23-13-11-17-9-4-3-5-10-17/h9,15-16H,3-8,10-14H2,1-2H3,(H,23,27)(H,24,29)/t15-,16-,22+/m0/s1. The molecule has 8 nitrogen and oxygen atoms in total. The van der Waals surface area contributed by atoms with E-state index in [0.717, 1.165) is 43.4 Å². The van der Waals surface area contributed by atoms with Crippen molar-refractivity contribution < 1.29 is 23.9 Å². The molecule has 1 heterocycles. The van der Waals surface area contributed by atoms with Crippen LogP contribution in [0.1, 0.15) is 71.6 Å². The maximum absolute atomic E-state index is 12.9. The fraction of sp³-hybridized carbons (Fsp3) is 0.727.